The molecule has 0 unspecified atom stereocenters. The maximum atomic E-state index is 9.75. The van der Waals surface area contributed by atoms with Gasteiger partial charge in [-0.05, 0) is 6.04 Å². The van der Waals surface area contributed by atoms with Crippen LogP contribution in [0.4, 0.5) is 51.8 Å². The lowest BCUT2D eigenvalue weighted by atomic mass is 10.3. The number of hydrogen-bond donors (Lipinski definition) is 0. The second-order valence-corrected chi connectivity index (χ2v) is 10.4. The van der Waals surface area contributed by atoms with Crippen LogP contribution in [-0.4, -0.2) is 43.6 Å². The Kier molecular flexibility index (Phi) is 17.1. The first-order chi connectivity index (χ1) is 9.56. The Labute approximate surface area is 127 Å². The van der Waals surface area contributed by atoms with Gasteiger partial charge < -0.3 is 56.5 Å². The summed E-state index contributed by atoms with van der Waals surface area (Å²) in [6, 6.07) is 1.28. The van der Waals surface area contributed by atoms with Crippen molar-refractivity contribution >= 4 is 29.8 Å². The summed E-state index contributed by atoms with van der Waals surface area (Å²) in [5, 5.41) is 0. The Morgan fingerprint density at radius 3 is 0.826 bits per heavy atom. The second kappa shape index (κ2) is 12.9. The second-order valence-electron chi connectivity index (χ2n) is 4.79. The van der Waals surface area contributed by atoms with E-state index in [0.717, 1.165) is 6.61 Å². The molecule has 0 atom stereocenters. The zero-order valence-electron chi connectivity index (χ0n) is 12.6. The highest BCUT2D eigenvalue weighted by Crippen LogP contribution is 2.08. The van der Waals surface area contributed by atoms with Crippen LogP contribution in [0, 0.1) is 0 Å². The molecule has 23 heavy (non-hydrogen) atoms. The van der Waals surface area contributed by atoms with Gasteiger partial charge in [-0.25, -0.2) is 0 Å². The molecule has 0 amide bonds. The molecule has 146 valence electrons. The zero-order valence-corrected chi connectivity index (χ0v) is 13.6. The smallest absolute Gasteiger partial charge is 0.418 e. The van der Waals surface area contributed by atoms with E-state index in [9.17, 15) is 51.8 Å². The number of methoxy groups -OCH3 is 1. The molecule has 0 saturated heterocycles. The Hall–Kier alpha value is -0.468. The van der Waals surface area contributed by atoms with Crippen LogP contribution >= 0.6 is 0 Å². The average Bonchev–Trinajstić information content (AvgIpc) is 2.04. The predicted octanol–water partition coefficient (Wildman–Crippen LogP) is 5.87. The van der Waals surface area contributed by atoms with Crippen LogP contribution in [0.5, 0.6) is 0 Å². The third-order valence-corrected chi connectivity index (χ3v) is 2.76. The van der Waals surface area contributed by atoms with Crippen molar-refractivity contribution in [2.75, 3.05) is 13.7 Å². The van der Waals surface area contributed by atoms with Gasteiger partial charge in [-0.2, -0.15) is 0 Å². The Morgan fingerprint density at radius 2 is 0.783 bits per heavy atom. The van der Waals surface area contributed by atoms with Crippen molar-refractivity contribution in [1.29, 1.82) is 0 Å². The average molecular weight is 393 g/mol. The SMILES string of the molecule is COCC[Si](C)(C)C.F[B-](F)(F)F.F[B-](F)(F)F.F[B-](F)(F)F. The third kappa shape index (κ3) is 400. The summed E-state index contributed by atoms with van der Waals surface area (Å²) in [4.78, 5) is 0. The van der Waals surface area contributed by atoms with E-state index < -0.39 is 29.8 Å². The van der Waals surface area contributed by atoms with Crippen molar-refractivity contribution in [3.63, 3.8) is 0 Å². The van der Waals surface area contributed by atoms with Crippen LogP contribution in [0.25, 0.3) is 0 Å². The van der Waals surface area contributed by atoms with E-state index in [4.69, 9.17) is 4.74 Å². The Morgan fingerprint density at radius 1 is 0.609 bits per heavy atom. The molecule has 17 heteroatoms. The lowest BCUT2D eigenvalue weighted by Gasteiger charge is -2.13. The molecule has 0 saturated carbocycles. The summed E-state index contributed by atoms with van der Waals surface area (Å²) in [5.41, 5.74) is 0. The molecule has 1 nitrogen and oxygen atoms in total. The molecule has 0 aromatic heterocycles. The summed E-state index contributed by atoms with van der Waals surface area (Å²) in [6.07, 6.45) is 0. The van der Waals surface area contributed by atoms with E-state index in [-0.39, 0.29) is 0 Å². The molecule has 0 spiro atoms. The number of ether oxygens (including phenoxy) is 1. The lowest BCUT2D eigenvalue weighted by molar-refractivity contribution is 0.214. The largest absolute Gasteiger partial charge is 0.673 e. The number of hydrogen-bond acceptors (Lipinski definition) is 1. The van der Waals surface area contributed by atoms with Gasteiger partial charge in [-0.15, -0.1) is 0 Å². The van der Waals surface area contributed by atoms with Gasteiger partial charge in [0.15, 0.2) is 0 Å². The summed E-state index contributed by atoms with van der Waals surface area (Å²) in [7, 11) is -17.0. The van der Waals surface area contributed by atoms with Crippen molar-refractivity contribution in [3.8, 4) is 0 Å². The molecule has 0 aliphatic carbocycles. The highest BCUT2D eigenvalue weighted by Gasteiger charge is 2.21. The number of halogens is 12. The van der Waals surface area contributed by atoms with Crippen molar-refractivity contribution in [1.82, 2.24) is 0 Å². The highest BCUT2D eigenvalue weighted by atomic mass is 28.3. The molecule has 0 N–H and O–H groups in total. The van der Waals surface area contributed by atoms with Gasteiger partial charge in [0, 0.05) is 21.8 Å². The van der Waals surface area contributed by atoms with Crippen LogP contribution in [0.15, 0.2) is 0 Å². The molecule has 0 fully saturated rings. The lowest BCUT2D eigenvalue weighted by Crippen LogP contribution is -2.21. The van der Waals surface area contributed by atoms with E-state index in [1.165, 1.54) is 6.04 Å². The van der Waals surface area contributed by atoms with Gasteiger partial charge in [0.05, 0.1) is 0 Å². The normalized spacial score (nSPS) is 12.0. The van der Waals surface area contributed by atoms with E-state index in [2.05, 4.69) is 19.6 Å². The maximum Gasteiger partial charge on any atom is 0.673 e. The van der Waals surface area contributed by atoms with Crippen molar-refractivity contribution in [2.45, 2.75) is 25.7 Å². The van der Waals surface area contributed by atoms with Crippen LogP contribution in [0.2, 0.25) is 25.7 Å². The molecule has 0 rings (SSSR count). The number of rotatable bonds is 3. The van der Waals surface area contributed by atoms with Crippen LogP contribution in [0.3, 0.4) is 0 Å². The van der Waals surface area contributed by atoms with Gasteiger partial charge in [-0.3, -0.25) is 0 Å². The maximum absolute atomic E-state index is 9.75. The zero-order chi connectivity index (χ0) is 20.1. The van der Waals surface area contributed by atoms with Gasteiger partial charge >= 0.3 is 21.8 Å². The van der Waals surface area contributed by atoms with E-state index >= 15 is 0 Å². The van der Waals surface area contributed by atoms with E-state index in [1.54, 1.807) is 7.11 Å². The molecule has 0 bridgehead atoms. The van der Waals surface area contributed by atoms with E-state index in [1.807, 2.05) is 0 Å². The molecular formula is C6H16B3F12OSi-3. The monoisotopic (exact) mass is 393 g/mol. The molecule has 0 heterocycles. The standard InChI is InChI=1S/C6H16OSi.3BF4/c1-7-5-6-8(2,3)4;3*2-1(3,4)5/h5-6H2,1-4H3;;;/q;3*-1. The topological polar surface area (TPSA) is 9.23 Å². The van der Waals surface area contributed by atoms with Crippen LogP contribution in [0.1, 0.15) is 0 Å². The highest BCUT2D eigenvalue weighted by molar-refractivity contribution is 6.76. The van der Waals surface area contributed by atoms with Crippen LogP contribution in [-0.2, 0) is 4.74 Å². The molecular weight excluding hydrogens is 377 g/mol. The first-order valence-electron chi connectivity index (χ1n) is 5.67. The minimum Gasteiger partial charge on any atom is -0.418 e. The minimum absolute atomic E-state index is 0.803. The fraction of sp³-hybridized carbons (Fsp3) is 1.00. The van der Waals surface area contributed by atoms with Crippen molar-refractivity contribution in [2.24, 2.45) is 0 Å². The van der Waals surface area contributed by atoms with Crippen LogP contribution < -0.4 is 0 Å². The third-order valence-electron chi connectivity index (χ3n) is 1.06. The molecule has 0 radical (unpaired) electrons. The Balaban J connectivity index is -0.000000108. The molecule has 0 aromatic carbocycles. The van der Waals surface area contributed by atoms with Crippen molar-refractivity contribution < 1.29 is 56.5 Å². The molecule has 0 aliphatic heterocycles. The summed E-state index contributed by atoms with van der Waals surface area (Å²) < 4.78 is 122. The van der Waals surface area contributed by atoms with Crippen molar-refractivity contribution in [3.05, 3.63) is 0 Å². The summed E-state index contributed by atoms with van der Waals surface area (Å²) >= 11 is 0. The fourth-order valence-corrected chi connectivity index (χ4v) is 1.22. The quantitative estimate of drug-likeness (QED) is 0.431. The first-order valence-corrected chi connectivity index (χ1v) is 9.38. The summed E-state index contributed by atoms with van der Waals surface area (Å²) in [6.45, 7) is 8.00. The van der Waals surface area contributed by atoms with Gasteiger partial charge in [0.1, 0.15) is 0 Å². The molecule has 0 aromatic rings. The Bertz CT molecular complexity index is 213. The first kappa shape index (κ1) is 30.4. The van der Waals surface area contributed by atoms with Gasteiger partial charge in [0.25, 0.3) is 0 Å². The molecule has 0 aliphatic rings. The van der Waals surface area contributed by atoms with Gasteiger partial charge in [0.2, 0.25) is 0 Å². The van der Waals surface area contributed by atoms with E-state index in [0.29, 0.717) is 0 Å². The summed E-state index contributed by atoms with van der Waals surface area (Å²) in [5.74, 6) is 0. The van der Waals surface area contributed by atoms with Gasteiger partial charge in [-0.1, -0.05) is 19.6 Å². The fourth-order valence-electron chi connectivity index (χ4n) is 0.408. The predicted molar refractivity (Wildman–Crippen MR) is 70.6 cm³/mol. The minimum atomic E-state index is -6.00.